The maximum Gasteiger partial charge on any atom is 0.328 e. The summed E-state index contributed by atoms with van der Waals surface area (Å²) < 4.78 is 14.2. The van der Waals surface area contributed by atoms with Gasteiger partial charge in [0.15, 0.2) is 0 Å². The predicted molar refractivity (Wildman–Crippen MR) is 127 cm³/mol. The minimum absolute atomic E-state index is 0.0140. The van der Waals surface area contributed by atoms with Crippen molar-refractivity contribution in [3.63, 3.8) is 0 Å². The molecule has 7 nitrogen and oxygen atoms in total. The number of hydrogen-bond donors (Lipinski definition) is 3. The number of aromatic hydroxyl groups is 1. The number of amides is 3. The standard InChI is InChI=1S/C25H26ClFN4O3/c1-2-28-7-4-8-30-24(33)22-12-17-16-11-18(26)19(27)13-20(16)29-23(17)21(31(22)25(30)34)10-14-5-3-6-15(32)9-14/h3,5-6,9,11,13,21-22,28-29,32H,2,4,7-8,10,12H2,1H3/t21?,22-/m0/s1. The molecule has 3 aromatic rings. The predicted octanol–water partition coefficient (Wildman–Crippen LogP) is 4.14. The second-order valence-electron chi connectivity index (χ2n) is 8.83. The third-order valence-corrected chi connectivity index (χ3v) is 7.00. The van der Waals surface area contributed by atoms with E-state index in [0.717, 1.165) is 35.3 Å². The molecule has 2 atom stereocenters. The lowest BCUT2D eigenvalue weighted by molar-refractivity contribution is -0.128. The van der Waals surface area contributed by atoms with Gasteiger partial charge in [-0.3, -0.25) is 9.69 Å². The Morgan fingerprint density at radius 2 is 2.09 bits per heavy atom. The van der Waals surface area contributed by atoms with Gasteiger partial charge in [0.1, 0.15) is 17.6 Å². The van der Waals surface area contributed by atoms with Gasteiger partial charge in [-0.2, -0.15) is 0 Å². The number of carbonyl (C=O) groups excluding carboxylic acids is 2. The van der Waals surface area contributed by atoms with Gasteiger partial charge in [-0.05, 0) is 61.3 Å². The van der Waals surface area contributed by atoms with Crippen LogP contribution in [0, 0.1) is 5.82 Å². The van der Waals surface area contributed by atoms with Crippen LogP contribution in [0.5, 0.6) is 5.75 Å². The van der Waals surface area contributed by atoms with E-state index in [0.29, 0.717) is 31.3 Å². The summed E-state index contributed by atoms with van der Waals surface area (Å²) in [7, 11) is 0. The lowest BCUT2D eigenvalue weighted by Crippen LogP contribution is -2.44. The molecule has 9 heteroatoms. The first-order chi connectivity index (χ1) is 16.4. The number of halogens is 2. The summed E-state index contributed by atoms with van der Waals surface area (Å²) in [5, 5.41) is 14.0. The average molecular weight is 485 g/mol. The number of phenolic OH excluding ortho intramolecular Hbond substituents is 1. The number of benzene rings is 2. The Bertz CT molecular complexity index is 1280. The van der Waals surface area contributed by atoms with Crippen molar-refractivity contribution in [3.8, 4) is 5.75 Å². The van der Waals surface area contributed by atoms with Gasteiger partial charge in [-0.1, -0.05) is 30.7 Å². The molecule has 2 aliphatic heterocycles. The van der Waals surface area contributed by atoms with Crippen molar-refractivity contribution >= 4 is 34.4 Å². The zero-order valence-electron chi connectivity index (χ0n) is 18.8. The molecule has 2 aliphatic rings. The fraction of sp³-hybridized carbons (Fsp3) is 0.360. The van der Waals surface area contributed by atoms with E-state index in [4.69, 9.17) is 11.6 Å². The van der Waals surface area contributed by atoms with Crippen LogP contribution in [0.25, 0.3) is 10.9 Å². The SMILES string of the molecule is CCNCCCN1C(=O)[C@@H]2Cc3c([nH]c4cc(F)c(Cl)cc34)C(Cc3cccc(O)c3)N2C1=O. The second kappa shape index (κ2) is 8.92. The largest absolute Gasteiger partial charge is 0.508 e. The Balaban J connectivity index is 1.56. The molecule has 2 aromatic carbocycles. The third-order valence-electron chi connectivity index (χ3n) is 6.71. The van der Waals surface area contributed by atoms with Crippen molar-refractivity contribution < 1.29 is 19.1 Å². The number of fused-ring (bicyclic) bond motifs is 4. The van der Waals surface area contributed by atoms with Gasteiger partial charge in [0, 0.05) is 29.6 Å². The Kier molecular flexibility index (Phi) is 5.95. The van der Waals surface area contributed by atoms with Crippen molar-refractivity contribution in [3.05, 3.63) is 64.1 Å². The van der Waals surface area contributed by atoms with E-state index >= 15 is 0 Å². The molecule has 1 saturated heterocycles. The molecule has 5 rings (SSSR count). The van der Waals surface area contributed by atoms with Crippen LogP contribution in [0.1, 0.15) is 36.2 Å². The first-order valence-electron chi connectivity index (χ1n) is 11.5. The van der Waals surface area contributed by atoms with E-state index in [-0.39, 0.29) is 22.7 Å². The molecule has 0 radical (unpaired) electrons. The van der Waals surface area contributed by atoms with Crippen LogP contribution in [0.3, 0.4) is 0 Å². The van der Waals surface area contributed by atoms with E-state index < -0.39 is 17.9 Å². The van der Waals surface area contributed by atoms with E-state index in [1.54, 1.807) is 29.2 Å². The molecular weight excluding hydrogens is 459 g/mol. The minimum Gasteiger partial charge on any atom is -0.508 e. The number of phenols is 1. The van der Waals surface area contributed by atoms with Crippen molar-refractivity contribution in [1.82, 2.24) is 20.1 Å². The molecule has 0 spiro atoms. The van der Waals surface area contributed by atoms with Crippen molar-refractivity contribution in [1.29, 1.82) is 0 Å². The molecule has 0 saturated carbocycles. The summed E-state index contributed by atoms with van der Waals surface area (Å²) >= 11 is 6.08. The van der Waals surface area contributed by atoms with Crippen molar-refractivity contribution in [2.45, 2.75) is 38.3 Å². The van der Waals surface area contributed by atoms with E-state index in [1.807, 2.05) is 13.0 Å². The highest BCUT2D eigenvalue weighted by Crippen LogP contribution is 2.43. The van der Waals surface area contributed by atoms with Crippen molar-refractivity contribution in [2.24, 2.45) is 0 Å². The van der Waals surface area contributed by atoms with Crippen molar-refractivity contribution in [2.75, 3.05) is 19.6 Å². The maximum atomic E-state index is 14.2. The molecule has 1 unspecified atom stereocenters. The molecular formula is C25H26ClFN4O3. The molecule has 0 aliphatic carbocycles. The molecule has 3 N–H and O–H groups in total. The Morgan fingerprint density at radius 3 is 2.85 bits per heavy atom. The smallest absolute Gasteiger partial charge is 0.328 e. The first-order valence-corrected chi connectivity index (χ1v) is 11.9. The van der Waals surface area contributed by atoms with Crippen LogP contribution in [0.2, 0.25) is 5.02 Å². The van der Waals surface area contributed by atoms with Crippen LogP contribution in [-0.4, -0.2) is 57.5 Å². The number of nitrogens with zero attached hydrogens (tertiary/aromatic N) is 2. The molecule has 1 fully saturated rings. The highest BCUT2D eigenvalue weighted by Gasteiger charge is 2.51. The summed E-state index contributed by atoms with van der Waals surface area (Å²) in [6.07, 6.45) is 1.40. The molecule has 3 amide bonds. The molecule has 1 aromatic heterocycles. The summed E-state index contributed by atoms with van der Waals surface area (Å²) in [6, 6.07) is 8.37. The zero-order chi connectivity index (χ0) is 24.0. The van der Waals surface area contributed by atoms with Crippen LogP contribution >= 0.6 is 11.6 Å². The lowest BCUT2D eigenvalue weighted by Gasteiger charge is -2.36. The van der Waals surface area contributed by atoms with Gasteiger partial charge in [-0.15, -0.1) is 0 Å². The van der Waals surface area contributed by atoms with Crippen LogP contribution in [-0.2, 0) is 17.6 Å². The van der Waals surface area contributed by atoms with Gasteiger partial charge < -0.3 is 20.3 Å². The molecule has 0 bridgehead atoms. The van der Waals surface area contributed by atoms with Crippen LogP contribution in [0.4, 0.5) is 9.18 Å². The molecule has 3 heterocycles. The Hall–Kier alpha value is -3.10. The number of aromatic nitrogens is 1. The highest BCUT2D eigenvalue weighted by molar-refractivity contribution is 6.31. The number of hydrogen-bond acceptors (Lipinski definition) is 4. The van der Waals surface area contributed by atoms with Gasteiger partial charge in [0.25, 0.3) is 5.91 Å². The quantitative estimate of drug-likeness (QED) is 0.347. The normalized spacial score (nSPS) is 19.7. The summed E-state index contributed by atoms with van der Waals surface area (Å²) in [5.41, 5.74) is 3.05. The number of urea groups is 1. The average Bonchev–Trinajstić information content (AvgIpc) is 3.27. The lowest BCUT2D eigenvalue weighted by atomic mass is 9.89. The van der Waals surface area contributed by atoms with Gasteiger partial charge in [0.05, 0.1) is 11.1 Å². The number of carbonyl (C=O) groups is 2. The fourth-order valence-corrected chi connectivity index (χ4v) is 5.32. The number of imide groups is 1. The number of aromatic amines is 1. The van der Waals surface area contributed by atoms with E-state index in [2.05, 4.69) is 10.3 Å². The topological polar surface area (TPSA) is 88.7 Å². The van der Waals surface area contributed by atoms with Crippen LogP contribution < -0.4 is 5.32 Å². The Labute approximate surface area is 201 Å². The number of rotatable bonds is 7. The summed E-state index contributed by atoms with van der Waals surface area (Å²) in [4.78, 5) is 33.1. The third kappa shape index (κ3) is 3.80. The zero-order valence-corrected chi connectivity index (χ0v) is 19.5. The second-order valence-corrected chi connectivity index (χ2v) is 9.23. The van der Waals surface area contributed by atoms with E-state index in [1.165, 1.54) is 11.0 Å². The Morgan fingerprint density at radius 1 is 1.26 bits per heavy atom. The first kappa shape index (κ1) is 22.7. The molecule has 34 heavy (non-hydrogen) atoms. The summed E-state index contributed by atoms with van der Waals surface area (Å²) in [5.74, 6) is -0.614. The van der Waals surface area contributed by atoms with Gasteiger partial charge in [0.2, 0.25) is 0 Å². The van der Waals surface area contributed by atoms with Gasteiger partial charge in [-0.25, -0.2) is 9.18 Å². The highest BCUT2D eigenvalue weighted by atomic mass is 35.5. The van der Waals surface area contributed by atoms with Crippen LogP contribution in [0.15, 0.2) is 36.4 Å². The minimum atomic E-state index is -0.635. The van der Waals surface area contributed by atoms with Gasteiger partial charge >= 0.3 is 6.03 Å². The number of H-pyrrole nitrogens is 1. The summed E-state index contributed by atoms with van der Waals surface area (Å²) in [6.45, 7) is 3.91. The molecule has 178 valence electrons. The van der Waals surface area contributed by atoms with E-state index in [9.17, 15) is 19.1 Å². The monoisotopic (exact) mass is 484 g/mol. The fourth-order valence-electron chi connectivity index (χ4n) is 5.16. The maximum absolute atomic E-state index is 14.2. The number of nitrogens with one attached hydrogen (secondary N) is 2.